The maximum Gasteiger partial charge on any atom is 0.310 e. The molecule has 0 amide bonds. The maximum atomic E-state index is 17.8. The molecule has 13 heteroatoms. The van der Waals surface area contributed by atoms with Gasteiger partial charge in [0, 0.05) is 53.9 Å². The Hall–Kier alpha value is -4.95. The van der Waals surface area contributed by atoms with Crippen LogP contribution in [0.1, 0.15) is 82.4 Å². The van der Waals surface area contributed by atoms with Gasteiger partial charge in [0.2, 0.25) is 5.78 Å². The van der Waals surface area contributed by atoms with Gasteiger partial charge in [0.15, 0.2) is 29.4 Å². The minimum atomic E-state index is -2.10. The second kappa shape index (κ2) is 15.6. The number of halogens is 1. The first-order valence-corrected chi connectivity index (χ1v) is 22.1. The first-order valence-electron chi connectivity index (χ1n) is 22.1. The summed E-state index contributed by atoms with van der Waals surface area (Å²) in [6, 6.07) is 15.3. The second-order valence-corrected chi connectivity index (χ2v) is 19.5. The molecule has 332 valence electrons. The van der Waals surface area contributed by atoms with Crippen molar-refractivity contribution >= 4 is 40.1 Å². The summed E-state index contributed by atoms with van der Waals surface area (Å²) in [7, 11) is 0. The zero-order valence-electron chi connectivity index (χ0n) is 36.1. The normalized spacial score (nSPS) is 35.1. The van der Waals surface area contributed by atoms with Crippen LogP contribution in [-0.2, 0) is 55.8 Å². The van der Waals surface area contributed by atoms with Crippen molar-refractivity contribution in [2.24, 2.45) is 40.2 Å². The van der Waals surface area contributed by atoms with Gasteiger partial charge in [-0.05, 0) is 99.1 Å². The molecule has 3 N–H and O–H groups in total. The fourth-order valence-electron chi connectivity index (χ4n) is 12.2. The molecule has 1 saturated heterocycles. The number of ether oxygens (including phenoxy) is 4. The van der Waals surface area contributed by atoms with Crippen LogP contribution in [0.3, 0.4) is 0 Å². The van der Waals surface area contributed by atoms with Gasteiger partial charge in [0.25, 0.3) is 0 Å². The summed E-state index contributed by atoms with van der Waals surface area (Å²) >= 11 is 0. The Bertz CT molecular complexity index is 2450. The van der Waals surface area contributed by atoms with Crippen molar-refractivity contribution in [3.8, 4) is 0 Å². The van der Waals surface area contributed by atoms with Crippen LogP contribution in [0.25, 0.3) is 10.8 Å². The van der Waals surface area contributed by atoms with Crippen LogP contribution in [0.15, 0.2) is 84.7 Å². The van der Waals surface area contributed by atoms with Gasteiger partial charge >= 0.3 is 11.9 Å². The molecule has 11 atom stereocenters. The molecule has 1 aromatic heterocycles. The zero-order valence-corrected chi connectivity index (χ0v) is 36.1. The average molecular weight is 863 g/mol. The number of ketones is 3. The lowest BCUT2D eigenvalue weighted by Gasteiger charge is -2.62. The summed E-state index contributed by atoms with van der Waals surface area (Å²) in [5, 5.41) is 13.9. The van der Waals surface area contributed by atoms with Crippen LogP contribution >= 0.6 is 0 Å². The summed E-state index contributed by atoms with van der Waals surface area (Å²) in [6.45, 7) is 6.61. The SMILES string of the molecule is CC1(C)O[C@@H]2C[C@H]3[C@@H]4CCC5=CC(=O)C=C[C@]5(C)[C@@]4(F)[C@@H](O)C[C@]3(C)[C@]2(C(=O)COC(=O)C2CC2C(=O)OCCc2ccc(C(CN)C(=O)Cc3ccc4cnccc4c3)cc2)O1. The van der Waals surface area contributed by atoms with Gasteiger partial charge in [0.05, 0.1) is 36.6 Å². The van der Waals surface area contributed by atoms with E-state index in [9.17, 15) is 29.1 Å². The van der Waals surface area contributed by atoms with Gasteiger partial charge in [-0.1, -0.05) is 61.0 Å². The van der Waals surface area contributed by atoms with E-state index in [0.717, 1.165) is 27.5 Å². The Morgan fingerprint density at radius 1 is 0.952 bits per heavy atom. The molecule has 9 rings (SSSR count). The second-order valence-electron chi connectivity index (χ2n) is 19.5. The number of nitrogens with zero attached hydrogens (tertiary/aromatic N) is 1. The number of alkyl halides is 1. The van der Waals surface area contributed by atoms with E-state index in [2.05, 4.69) is 4.98 Å². The van der Waals surface area contributed by atoms with Gasteiger partial charge in [-0.15, -0.1) is 0 Å². The number of hydrogen-bond donors (Lipinski definition) is 2. The largest absolute Gasteiger partial charge is 0.465 e. The van der Waals surface area contributed by atoms with Gasteiger partial charge in [0.1, 0.15) is 5.78 Å². The van der Waals surface area contributed by atoms with Crippen LogP contribution in [0.2, 0.25) is 0 Å². The number of Topliss-reactive ketones (excluding diaryl/α,β-unsaturated/α-hetero) is 2. The monoisotopic (exact) mass is 862 g/mol. The quantitative estimate of drug-likeness (QED) is 0.198. The molecule has 5 fully saturated rings. The number of fused-ring (bicyclic) bond motifs is 8. The topological polar surface area (TPSA) is 181 Å². The summed E-state index contributed by atoms with van der Waals surface area (Å²) in [6.07, 6.45) is 7.64. The van der Waals surface area contributed by atoms with Crippen molar-refractivity contribution in [1.29, 1.82) is 0 Å². The van der Waals surface area contributed by atoms with Crippen molar-refractivity contribution in [3.05, 3.63) is 101 Å². The van der Waals surface area contributed by atoms with Crippen molar-refractivity contribution < 1.29 is 52.4 Å². The lowest BCUT2D eigenvalue weighted by molar-refractivity contribution is -0.246. The predicted molar refractivity (Wildman–Crippen MR) is 227 cm³/mol. The van der Waals surface area contributed by atoms with Crippen molar-refractivity contribution in [2.75, 3.05) is 19.8 Å². The Kier molecular flexibility index (Phi) is 10.8. The molecule has 3 unspecified atom stereocenters. The highest BCUT2D eigenvalue weighted by Gasteiger charge is 2.80. The number of aromatic nitrogens is 1. The Morgan fingerprint density at radius 3 is 2.43 bits per heavy atom. The molecular weight excluding hydrogens is 808 g/mol. The lowest BCUT2D eigenvalue weighted by atomic mass is 9.44. The molecule has 5 aliphatic carbocycles. The summed E-state index contributed by atoms with van der Waals surface area (Å²) in [5.74, 6) is -6.13. The van der Waals surface area contributed by atoms with E-state index in [0.29, 0.717) is 31.3 Å². The number of pyridine rings is 1. The van der Waals surface area contributed by atoms with Gasteiger partial charge in [-0.25, -0.2) is 4.39 Å². The number of allylic oxidation sites excluding steroid dienone is 4. The highest BCUT2D eigenvalue weighted by atomic mass is 19.1. The number of esters is 2. The molecule has 63 heavy (non-hydrogen) atoms. The van der Waals surface area contributed by atoms with Crippen molar-refractivity contribution in [1.82, 2.24) is 4.98 Å². The lowest BCUT2D eigenvalue weighted by Crippen LogP contribution is -2.70. The van der Waals surface area contributed by atoms with Gasteiger partial charge in [-0.2, -0.15) is 0 Å². The van der Waals surface area contributed by atoms with Crippen LogP contribution in [-0.4, -0.2) is 88.4 Å². The van der Waals surface area contributed by atoms with E-state index in [1.165, 1.54) is 12.2 Å². The summed E-state index contributed by atoms with van der Waals surface area (Å²) in [5.41, 5.74) is 3.34. The van der Waals surface area contributed by atoms with E-state index >= 15 is 4.39 Å². The van der Waals surface area contributed by atoms with Crippen LogP contribution < -0.4 is 5.73 Å². The smallest absolute Gasteiger partial charge is 0.310 e. The maximum absolute atomic E-state index is 17.8. The third-order valence-electron chi connectivity index (χ3n) is 15.5. The molecule has 1 aliphatic heterocycles. The minimum Gasteiger partial charge on any atom is -0.465 e. The van der Waals surface area contributed by atoms with E-state index in [1.807, 2.05) is 55.5 Å². The van der Waals surface area contributed by atoms with Gasteiger partial charge in [-0.3, -0.25) is 29.0 Å². The number of benzene rings is 2. The van der Waals surface area contributed by atoms with Crippen LogP contribution in [0.5, 0.6) is 0 Å². The molecule has 3 aromatic rings. The molecular formula is C50H55FN2O10. The van der Waals surface area contributed by atoms with Crippen molar-refractivity contribution in [3.63, 3.8) is 0 Å². The Labute approximate surface area is 365 Å². The number of aliphatic hydroxyl groups is 1. The van der Waals surface area contributed by atoms with Gasteiger partial charge < -0.3 is 29.8 Å². The van der Waals surface area contributed by atoms with E-state index in [4.69, 9.17) is 24.7 Å². The Morgan fingerprint density at radius 2 is 1.68 bits per heavy atom. The van der Waals surface area contributed by atoms with E-state index in [1.54, 1.807) is 39.2 Å². The fraction of sp³-hybridized carbons (Fsp3) is 0.520. The summed E-state index contributed by atoms with van der Waals surface area (Å²) in [4.78, 5) is 70.5. The number of aliphatic hydroxyl groups excluding tert-OH is 1. The van der Waals surface area contributed by atoms with Crippen molar-refractivity contribution in [2.45, 2.75) is 108 Å². The van der Waals surface area contributed by atoms with E-state index < -0.39 is 94.0 Å². The first kappa shape index (κ1) is 43.3. The molecule has 6 aliphatic rings. The van der Waals surface area contributed by atoms with Crippen LogP contribution in [0.4, 0.5) is 4.39 Å². The number of carbonyl (C=O) groups is 5. The molecule has 0 bridgehead atoms. The minimum absolute atomic E-state index is 0.0196. The third-order valence-corrected chi connectivity index (χ3v) is 15.5. The highest BCUT2D eigenvalue weighted by Crippen LogP contribution is 2.72. The molecule has 4 saturated carbocycles. The molecule has 2 aromatic carbocycles. The number of carbonyl (C=O) groups excluding carboxylic acids is 5. The molecule has 0 spiro atoms. The molecule has 12 nitrogen and oxygen atoms in total. The zero-order chi connectivity index (χ0) is 44.7. The highest BCUT2D eigenvalue weighted by molar-refractivity contribution is 6.01. The predicted octanol–water partition coefficient (Wildman–Crippen LogP) is 5.79. The van der Waals surface area contributed by atoms with Crippen LogP contribution in [0, 0.1) is 34.5 Å². The average Bonchev–Trinajstić information content (AvgIpc) is 3.96. The number of hydrogen-bond acceptors (Lipinski definition) is 12. The molecule has 0 radical (unpaired) electrons. The molecule has 2 heterocycles. The summed E-state index contributed by atoms with van der Waals surface area (Å²) < 4.78 is 41.8. The standard InChI is InChI=1S/C50H55FN2O10/c1-46(2)62-43-23-39-38-12-11-33-21-34(54)13-16-47(33,3)49(38,51)41(56)24-48(39,4)50(43,63-46)42(57)27-61-45(59)36-22-35(36)44(58)60-18-15-28-5-8-30(9-6-28)37(25-52)40(55)20-29-7-10-32-26-53-17-14-31(32)19-29/h5-10,13-14,16-17,19,21,26,35-39,41,43,56H,11-12,15,18,20,22-25,27,52H2,1-4H3/t35?,36?,37?,38-,39-,41-,43+,47-,48-,49-,50+/m0/s1. The number of rotatable bonds is 13. The fourth-order valence-corrected chi connectivity index (χ4v) is 12.2. The number of nitrogens with two attached hydrogens (primary N) is 1. The Balaban J connectivity index is 0.784. The third kappa shape index (κ3) is 7.01. The van der Waals surface area contributed by atoms with E-state index in [-0.39, 0.29) is 44.0 Å². The first-order chi connectivity index (χ1) is 29.9.